The molecule has 29 heavy (non-hydrogen) atoms. The van der Waals surface area contributed by atoms with Crippen LogP contribution in [0.4, 0.5) is 0 Å². The highest BCUT2D eigenvalue weighted by Gasteiger charge is 2.30. The number of hydrogen-bond acceptors (Lipinski definition) is 7. The van der Waals surface area contributed by atoms with Crippen molar-refractivity contribution < 1.29 is 21.6 Å². The summed E-state index contributed by atoms with van der Waals surface area (Å²) in [6, 6.07) is 3.05. The lowest BCUT2D eigenvalue weighted by atomic mass is 10.0. The molecule has 0 unspecified atom stereocenters. The highest BCUT2D eigenvalue weighted by Crippen LogP contribution is 2.21. The zero-order valence-corrected chi connectivity index (χ0v) is 17.8. The second-order valence-electron chi connectivity index (χ2n) is 6.97. The van der Waals surface area contributed by atoms with Gasteiger partial charge in [0.05, 0.1) is 11.3 Å². The van der Waals surface area contributed by atoms with Crippen LogP contribution in [0, 0.1) is 0 Å². The van der Waals surface area contributed by atoms with Gasteiger partial charge in [-0.25, -0.2) is 21.6 Å². The summed E-state index contributed by atoms with van der Waals surface area (Å²) >= 11 is 1.17. The number of likely N-dealkylation sites (tertiary alicyclic amines) is 1. The van der Waals surface area contributed by atoms with Crippen LogP contribution in [0.5, 0.6) is 0 Å². The van der Waals surface area contributed by atoms with Crippen molar-refractivity contribution in [3.63, 3.8) is 0 Å². The van der Waals surface area contributed by atoms with Crippen molar-refractivity contribution in [3.8, 4) is 0 Å². The fourth-order valence-electron chi connectivity index (χ4n) is 3.40. The number of thiophene rings is 1. The molecule has 1 amide bonds. The van der Waals surface area contributed by atoms with E-state index >= 15 is 0 Å². The van der Waals surface area contributed by atoms with Crippen molar-refractivity contribution in [1.29, 1.82) is 0 Å². The van der Waals surface area contributed by atoms with E-state index in [1.165, 1.54) is 17.4 Å². The molecule has 0 aromatic carbocycles. The van der Waals surface area contributed by atoms with E-state index in [4.69, 9.17) is 0 Å². The van der Waals surface area contributed by atoms with Gasteiger partial charge in [0.2, 0.25) is 10.0 Å². The van der Waals surface area contributed by atoms with Gasteiger partial charge in [0, 0.05) is 31.9 Å². The average Bonchev–Trinajstić information content (AvgIpc) is 3.23. The predicted octanol–water partition coefficient (Wildman–Crippen LogP) is 0.515. The Morgan fingerprint density at radius 2 is 1.97 bits per heavy atom. The second kappa shape index (κ2) is 7.67. The molecule has 1 aromatic heterocycles. The maximum atomic E-state index is 12.8. The van der Waals surface area contributed by atoms with Crippen molar-refractivity contribution >= 4 is 43.1 Å². The van der Waals surface area contributed by atoms with Crippen molar-refractivity contribution in [2.75, 3.05) is 25.4 Å². The quantitative estimate of drug-likeness (QED) is 0.706. The van der Waals surface area contributed by atoms with E-state index in [-0.39, 0.29) is 28.5 Å². The van der Waals surface area contributed by atoms with Crippen molar-refractivity contribution in [2.24, 2.45) is 4.40 Å². The number of nitrogens with zero attached hydrogens (tertiary/aromatic N) is 3. The molecule has 1 fully saturated rings. The van der Waals surface area contributed by atoms with Crippen LogP contribution in [0.15, 0.2) is 50.0 Å². The van der Waals surface area contributed by atoms with Gasteiger partial charge in [-0.3, -0.25) is 4.79 Å². The molecule has 1 saturated heterocycles. The smallest absolute Gasteiger partial charge is 0.256 e. The van der Waals surface area contributed by atoms with Gasteiger partial charge in [0.1, 0.15) is 10.0 Å². The average molecular weight is 457 g/mol. The molecule has 0 atom stereocenters. The number of piperidine rings is 1. The van der Waals surface area contributed by atoms with Crippen molar-refractivity contribution in [3.05, 3.63) is 41.4 Å². The Kier molecular flexibility index (Phi) is 5.36. The van der Waals surface area contributed by atoms with E-state index in [0.717, 1.165) is 0 Å². The van der Waals surface area contributed by atoms with Gasteiger partial charge in [-0.15, -0.1) is 15.7 Å². The Morgan fingerprint density at radius 1 is 1.21 bits per heavy atom. The first-order chi connectivity index (χ1) is 13.7. The Bertz CT molecular complexity index is 1100. The SMILES string of the molecule is O=C(C1=CN2CCS(=O)(=O)N=C2C=C1)N1CCC(NS(=O)(=O)c2cccs2)CC1. The Hall–Kier alpha value is -2.02. The molecule has 4 heterocycles. The topological polar surface area (TPSA) is 116 Å². The van der Waals surface area contributed by atoms with E-state index in [1.54, 1.807) is 39.6 Å². The Labute approximate surface area is 173 Å². The van der Waals surface area contributed by atoms with E-state index in [0.29, 0.717) is 37.3 Å². The summed E-state index contributed by atoms with van der Waals surface area (Å²) in [6.07, 6.45) is 5.79. The summed E-state index contributed by atoms with van der Waals surface area (Å²) < 4.78 is 54.6. The van der Waals surface area contributed by atoms with Crippen LogP contribution in [-0.4, -0.2) is 69.8 Å². The summed E-state index contributed by atoms with van der Waals surface area (Å²) in [4.78, 5) is 16.2. The number of carbonyl (C=O) groups is 1. The molecule has 0 aliphatic carbocycles. The minimum atomic E-state index is -3.52. The molecular weight excluding hydrogens is 436 g/mol. The maximum absolute atomic E-state index is 12.8. The predicted molar refractivity (Wildman–Crippen MR) is 109 cm³/mol. The number of hydrogen-bond donors (Lipinski definition) is 1. The first kappa shape index (κ1) is 20.3. The number of amidine groups is 1. The normalized spacial score (nSPS) is 22.1. The van der Waals surface area contributed by atoms with Gasteiger partial charge in [-0.05, 0) is 36.4 Å². The molecule has 0 bridgehead atoms. The number of sulfonamides is 2. The molecule has 156 valence electrons. The third-order valence-electron chi connectivity index (χ3n) is 4.93. The van der Waals surface area contributed by atoms with Crippen molar-refractivity contribution in [1.82, 2.24) is 14.5 Å². The number of carbonyl (C=O) groups excluding carboxylic acids is 1. The number of nitrogens with one attached hydrogen (secondary N) is 1. The van der Waals surface area contributed by atoms with Crippen LogP contribution in [0.1, 0.15) is 12.8 Å². The number of rotatable bonds is 4. The van der Waals surface area contributed by atoms with E-state index in [9.17, 15) is 21.6 Å². The van der Waals surface area contributed by atoms with Crippen LogP contribution in [0.3, 0.4) is 0 Å². The van der Waals surface area contributed by atoms with Crippen LogP contribution >= 0.6 is 11.3 Å². The molecule has 4 rings (SSSR count). The minimum absolute atomic E-state index is 0.0852. The van der Waals surface area contributed by atoms with Crippen molar-refractivity contribution in [2.45, 2.75) is 23.1 Å². The molecule has 1 aromatic rings. The molecular formula is C17H20N4O5S3. The largest absolute Gasteiger partial charge is 0.338 e. The van der Waals surface area contributed by atoms with Gasteiger partial charge in [-0.1, -0.05) is 6.07 Å². The molecule has 3 aliphatic rings. The fraction of sp³-hybridized carbons (Fsp3) is 0.412. The first-order valence-electron chi connectivity index (χ1n) is 9.08. The third kappa shape index (κ3) is 4.44. The third-order valence-corrected chi connectivity index (χ3v) is 9.02. The maximum Gasteiger partial charge on any atom is 0.256 e. The second-order valence-corrected chi connectivity index (χ2v) is 11.6. The molecule has 0 radical (unpaired) electrons. The molecule has 3 aliphatic heterocycles. The molecule has 12 heteroatoms. The van der Waals surface area contributed by atoms with Crippen LogP contribution in [-0.2, 0) is 24.8 Å². The number of amides is 1. The Balaban J connectivity index is 1.37. The van der Waals surface area contributed by atoms with Gasteiger partial charge in [0.25, 0.3) is 15.9 Å². The lowest BCUT2D eigenvalue weighted by molar-refractivity contribution is -0.127. The summed E-state index contributed by atoms with van der Waals surface area (Å²) in [6.45, 7) is 1.14. The zero-order valence-electron chi connectivity index (χ0n) is 15.4. The first-order valence-corrected chi connectivity index (χ1v) is 13.0. The van der Waals surface area contributed by atoms with Crippen LogP contribution < -0.4 is 4.72 Å². The lowest BCUT2D eigenvalue weighted by Gasteiger charge is -2.33. The molecule has 0 spiro atoms. The van der Waals surface area contributed by atoms with Gasteiger partial charge in [0.15, 0.2) is 0 Å². The summed E-state index contributed by atoms with van der Waals surface area (Å²) in [5.41, 5.74) is 0.459. The van der Waals surface area contributed by atoms with E-state index < -0.39 is 20.0 Å². The van der Waals surface area contributed by atoms with Gasteiger partial charge in [-0.2, -0.15) is 0 Å². The highest BCUT2D eigenvalue weighted by atomic mass is 32.2. The van der Waals surface area contributed by atoms with Gasteiger partial charge < -0.3 is 9.80 Å². The summed E-state index contributed by atoms with van der Waals surface area (Å²) in [5, 5.41) is 1.72. The molecule has 0 saturated carbocycles. The zero-order chi connectivity index (χ0) is 20.6. The highest BCUT2D eigenvalue weighted by molar-refractivity contribution is 7.91. The monoisotopic (exact) mass is 456 g/mol. The summed E-state index contributed by atoms with van der Waals surface area (Å²) in [7, 11) is -6.96. The van der Waals surface area contributed by atoms with E-state index in [1.807, 2.05) is 0 Å². The van der Waals surface area contributed by atoms with E-state index in [2.05, 4.69) is 9.12 Å². The standard InChI is InChI=1S/C17H20N4O5S3/c22-17(13-3-4-15-19-28(23,24)11-9-21(15)12-13)20-7-5-14(6-8-20)18-29(25,26)16-2-1-10-27-16/h1-4,10,12,14,18H,5-9,11H2. The minimum Gasteiger partial charge on any atom is -0.338 e. The van der Waals surface area contributed by atoms with Crippen LogP contribution in [0.25, 0.3) is 0 Å². The summed E-state index contributed by atoms with van der Waals surface area (Å²) in [5.74, 6) is 0.0701. The Morgan fingerprint density at radius 3 is 2.66 bits per heavy atom. The van der Waals surface area contributed by atoms with Gasteiger partial charge >= 0.3 is 0 Å². The molecule has 9 nitrogen and oxygen atoms in total. The van der Waals surface area contributed by atoms with Crippen LogP contribution in [0.2, 0.25) is 0 Å². The fourth-order valence-corrected chi connectivity index (χ4v) is 6.69. The lowest BCUT2D eigenvalue weighted by Crippen LogP contribution is -2.47. The number of fused-ring (bicyclic) bond motifs is 1. The molecule has 1 N–H and O–H groups in total.